The van der Waals surface area contributed by atoms with Gasteiger partial charge in [-0.05, 0) is 38.1 Å². The minimum atomic E-state index is -0.432. The Hall–Kier alpha value is -1.39. The van der Waals surface area contributed by atoms with E-state index >= 15 is 0 Å². The van der Waals surface area contributed by atoms with Gasteiger partial charge in [0.15, 0.2) is 0 Å². The van der Waals surface area contributed by atoms with Crippen molar-refractivity contribution >= 4 is 11.6 Å². The molecule has 1 aromatic carbocycles. The van der Waals surface area contributed by atoms with Gasteiger partial charge >= 0.3 is 0 Å². The van der Waals surface area contributed by atoms with Crippen molar-refractivity contribution in [3.05, 3.63) is 40.8 Å². The third-order valence-corrected chi connectivity index (χ3v) is 2.96. The summed E-state index contributed by atoms with van der Waals surface area (Å²) in [5.41, 5.74) is 2.37. The molecule has 18 heavy (non-hydrogen) atoms. The molecule has 0 aliphatic heterocycles. The predicted octanol–water partition coefficient (Wildman–Crippen LogP) is 3.97. The van der Waals surface area contributed by atoms with E-state index in [-0.39, 0.29) is 11.1 Å². The second-order valence-corrected chi connectivity index (χ2v) is 4.34. The highest BCUT2D eigenvalue weighted by molar-refractivity contribution is 6.31. The summed E-state index contributed by atoms with van der Waals surface area (Å²) in [5.74, 6) is -0.432. The van der Waals surface area contributed by atoms with Crippen LogP contribution in [-0.2, 0) is 4.74 Å². The van der Waals surface area contributed by atoms with Crippen LogP contribution in [0.5, 0.6) is 0 Å². The van der Waals surface area contributed by atoms with Crippen LogP contribution in [0.4, 0.5) is 4.39 Å². The van der Waals surface area contributed by atoms with Crippen LogP contribution in [0, 0.1) is 5.82 Å². The van der Waals surface area contributed by atoms with Crippen LogP contribution >= 0.6 is 11.6 Å². The van der Waals surface area contributed by atoms with Crippen molar-refractivity contribution in [2.75, 3.05) is 6.61 Å². The molecule has 0 fully saturated rings. The summed E-state index contributed by atoms with van der Waals surface area (Å²) >= 11 is 5.75. The van der Waals surface area contributed by atoms with Gasteiger partial charge in [-0.25, -0.2) is 4.39 Å². The molecule has 0 aliphatic rings. The second kappa shape index (κ2) is 5.50. The Balaban J connectivity index is 2.26. The minimum Gasteiger partial charge on any atom is -0.373 e. The lowest BCUT2D eigenvalue weighted by Gasteiger charge is -2.07. The predicted molar refractivity (Wildman–Crippen MR) is 69.0 cm³/mol. The molecule has 1 N–H and O–H groups in total. The van der Waals surface area contributed by atoms with Crippen LogP contribution in [0.25, 0.3) is 11.3 Å². The molecule has 2 rings (SSSR count). The van der Waals surface area contributed by atoms with Crippen molar-refractivity contribution in [3.63, 3.8) is 0 Å². The molecule has 96 valence electrons. The first kappa shape index (κ1) is 13.1. The highest BCUT2D eigenvalue weighted by Crippen LogP contribution is 2.25. The summed E-state index contributed by atoms with van der Waals surface area (Å²) in [4.78, 5) is 0. The molecule has 0 amide bonds. The standard InChI is InChI=1S/C13H14ClFN2O/c1-3-18-8(2)12-7-13(17-16-12)9-4-5-11(15)10(14)6-9/h4-8H,3H2,1-2H3,(H,16,17). The summed E-state index contributed by atoms with van der Waals surface area (Å²) in [6.45, 7) is 4.52. The maximum Gasteiger partial charge on any atom is 0.141 e. The average Bonchev–Trinajstić information content (AvgIpc) is 2.82. The van der Waals surface area contributed by atoms with E-state index in [2.05, 4.69) is 10.2 Å². The lowest BCUT2D eigenvalue weighted by molar-refractivity contribution is 0.0733. The lowest BCUT2D eigenvalue weighted by Crippen LogP contribution is -1.99. The fourth-order valence-electron chi connectivity index (χ4n) is 1.69. The van der Waals surface area contributed by atoms with Gasteiger partial charge in [-0.3, -0.25) is 5.10 Å². The van der Waals surface area contributed by atoms with E-state index < -0.39 is 5.82 Å². The first-order valence-corrected chi connectivity index (χ1v) is 6.12. The number of hydrogen-bond acceptors (Lipinski definition) is 2. The zero-order valence-corrected chi connectivity index (χ0v) is 11.0. The van der Waals surface area contributed by atoms with Gasteiger partial charge in [0.2, 0.25) is 0 Å². The number of H-pyrrole nitrogens is 1. The van der Waals surface area contributed by atoms with Crippen molar-refractivity contribution in [3.8, 4) is 11.3 Å². The Kier molecular flexibility index (Phi) is 3.99. The fourth-order valence-corrected chi connectivity index (χ4v) is 1.87. The zero-order valence-electron chi connectivity index (χ0n) is 10.2. The summed E-state index contributed by atoms with van der Waals surface area (Å²) in [6, 6.07) is 6.41. The molecule has 1 aromatic heterocycles. The summed E-state index contributed by atoms with van der Waals surface area (Å²) < 4.78 is 18.5. The number of benzene rings is 1. The molecule has 1 heterocycles. The van der Waals surface area contributed by atoms with Gasteiger partial charge in [0.25, 0.3) is 0 Å². The lowest BCUT2D eigenvalue weighted by atomic mass is 10.1. The number of nitrogens with one attached hydrogen (secondary N) is 1. The fraction of sp³-hybridized carbons (Fsp3) is 0.308. The van der Waals surface area contributed by atoms with Crippen molar-refractivity contribution in [2.45, 2.75) is 20.0 Å². The van der Waals surface area contributed by atoms with Gasteiger partial charge < -0.3 is 4.74 Å². The summed E-state index contributed by atoms with van der Waals surface area (Å²) in [7, 11) is 0. The van der Waals surface area contributed by atoms with Crippen molar-refractivity contribution in [1.82, 2.24) is 10.2 Å². The number of ether oxygens (including phenoxy) is 1. The Morgan fingerprint density at radius 2 is 2.22 bits per heavy atom. The van der Waals surface area contributed by atoms with Crippen LogP contribution in [0.1, 0.15) is 25.6 Å². The zero-order chi connectivity index (χ0) is 13.1. The molecular formula is C13H14ClFN2O. The van der Waals surface area contributed by atoms with Crippen LogP contribution in [0.2, 0.25) is 5.02 Å². The van der Waals surface area contributed by atoms with E-state index in [0.29, 0.717) is 6.61 Å². The van der Waals surface area contributed by atoms with E-state index in [9.17, 15) is 4.39 Å². The quantitative estimate of drug-likeness (QED) is 0.911. The number of rotatable bonds is 4. The molecule has 0 radical (unpaired) electrons. The summed E-state index contributed by atoms with van der Waals surface area (Å²) in [6.07, 6.45) is -0.0489. The monoisotopic (exact) mass is 268 g/mol. The highest BCUT2D eigenvalue weighted by Gasteiger charge is 2.11. The number of aromatic nitrogens is 2. The molecular weight excluding hydrogens is 255 g/mol. The summed E-state index contributed by atoms with van der Waals surface area (Å²) in [5, 5.41) is 7.18. The van der Waals surface area contributed by atoms with Crippen molar-refractivity contribution < 1.29 is 9.13 Å². The van der Waals surface area contributed by atoms with Gasteiger partial charge in [0.05, 0.1) is 22.5 Å². The molecule has 5 heteroatoms. The topological polar surface area (TPSA) is 37.9 Å². The normalized spacial score (nSPS) is 12.7. The van der Waals surface area contributed by atoms with Gasteiger partial charge in [0.1, 0.15) is 5.82 Å². The molecule has 0 spiro atoms. The molecule has 0 saturated carbocycles. The number of nitrogens with zero attached hydrogens (tertiary/aromatic N) is 1. The van der Waals surface area contributed by atoms with Crippen LogP contribution in [0.3, 0.4) is 0 Å². The maximum atomic E-state index is 13.1. The second-order valence-electron chi connectivity index (χ2n) is 3.93. The van der Waals surface area contributed by atoms with Crippen molar-refractivity contribution in [2.24, 2.45) is 0 Å². The number of hydrogen-bond donors (Lipinski definition) is 1. The van der Waals surface area contributed by atoms with E-state index in [1.54, 1.807) is 12.1 Å². The molecule has 1 atom stereocenters. The van der Waals surface area contributed by atoms with E-state index in [1.165, 1.54) is 6.07 Å². The van der Waals surface area contributed by atoms with Gasteiger partial charge in [-0.15, -0.1) is 0 Å². The first-order chi connectivity index (χ1) is 8.61. The first-order valence-electron chi connectivity index (χ1n) is 5.74. The van der Waals surface area contributed by atoms with Crippen LogP contribution in [0.15, 0.2) is 24.3 Å². The molecule has 0 aliphatic carbocycles. The SMILES string of the molecule is CCOC(C)c1cc(-c2ccc(F)c(Cl)c2)n[nH]1. The van der Waals surface area contributed by atoms with Crippen LogP contribution < -0.4 is 0 Å². The Morgan fingerprint density at radius 1 is 1.44 bits per heavy atom. The average molecular weight is 269 g/mol. The number of aromatic amines is 1. The third kappa shape index (κ3) is 2.71. The van der Waals surface area contributed by atoms with Gasteiger partial charge in [0, 0.05) is 12.2 Å². The minimum absolute atomic E-state index is 0.0489. The third-order valence-electron chi connectivity index (χ3n) is 2.67. The molecule has 2 aromatic rings. The largest absolute Gasteiger partial charge is 0.373 e. The molecule has 1 unspecified atom stereocenters. The number of halogens is 2. The van der Waals surface area contributed by atoms with Crippen molar-refractivity contribution in [1.29, 1.82) is 0 Å². The molecule has 0 saturated heterocycles. The van der Waals surface area contributed by atoms with E-state index in [1.807, 2.05) is 19.9 Å². The maximum absolute atomic E-state index is 13.1. The van der Waals surface area contributed by atoms with Gasteiger partial charge in [-0.1, -0.05) is 11.6 Å². The Bertz CT molecular complexity index is 542. The molecule has 3 nitrogen and oxygen atoms in total. The highest BCUT2D eigenvalue weighted by atomic mass is 35.5. The molecule has 0 bridgehead atoms. The smallest absolute Gasteiger partial charge is 0.141 e. The van der Waals surface area contributed by atoms with Gasteiger partial charge in [-0.2, -0.15) is 5.10 Å². The Morgan fingerprint density at radius 3 is 2.89 bits per heavy atom. The Labute approximate surface area is 110 Å². The van der Waals surface area contributed by atoms with E-state index in [4.69, 9.17) is 16.3 Å². The van der Waals surface area contributed by atoms with E-state index in [0.717, 1.165) is 17.0 Å². The van der Waals surface area contributed by atoms with Crippen LogP contribution in [-0.4, -0.2) is 16.8 Å².